The van der Waals surface area contributed by atoms with Crippen molar-refractivity contribution in [1.29, 1.82) is 0 Å². The first-order valence-corrected chi connectivity index (χ1v) is 6.88. The smallest absolute Gasteiger partial charge is 0.191 e. The second-order valence-corrected chi connectivity index (χ2v) is 5.61. The largest absolute Gasteiger partial charge is 0.466 e. The molecule has 20 heavy (non-hydrogen) atoms. The lowest BCUT2D eigenvalue weighted by Crippen LogP contribution is -2.52. The number of nitrogens with zero attached hydrogens (tertiary/aromatic N) is 1. The topological polar surface area (TPSA) is 90.0 Å². The summed E-state index contributed by atoms with van der Waals surface area (Å²) in [7, 11) is 1.65. The highest BCUT2D eigenvalue weighted by atomic mass is 16.4. The minimum atomic E-state index is -1.12. The van der Waals surface area contributed by atoms with Gasteiger partial charge in [-0.25, -0.2) is 0 Å². The molecule has 0 amide bonds. The van der Waals surface area contributed by atoms with Gasteiger partial charge in [0.05, 0.1) is 18.4 Å². The molecule has 1 saturated carbocycles. The van der Waals surface area contributed by atoms with Crippen molar-refractivity contribution in [2.45, 2.75) is 37.4 Å². The zero-order chi connectivity index (χ0) is 14.6. The number of aliphatic hydroxyl groups is 2. The summed E-state index contributed by atoms with van der Waals surface area (Å²) < 4.78 is 5.21. The lowest BCUT2D eigenvalue weighted by molar-refractivity contribution is -0.0280. The quantitative estimate of drug-likeness (QED) is 0.468. The van der Waals surface area contributed by atoms with Crippen molar-refractivity contribution in [3.05, 3.63) is 24.2 Å². The zero-order valence-corrected chi connectivity index (χ0v) is 12.0. The van der Waals surface area contributed by atoms with Gasteiger partial charge in [0, 0.05) is 13.6 Å². The molecule has 112 valence electrons. The molecule has 1 aliphatic rings. The van der Waals surface area contributed by atoms with Gasteiger partial charge in [0.2, 0.25) is 0 Å². The fourth-order valence-electron chi connectivity index (χ4n) is 2.16. The highest BCUT2D eigenvalue weighted by Crippen LogP contribution is 2.30. The number of rotatable bonds is 5. The van der Waals surface area contributed by atoms with E-state index in [-0.39, 0.29) is 6.54 Å². The van der Waals surface area contributed by atoms with Crippen LogP contribution in [0.1, 0.15) is 31.9 Å². The summed E-state index contributed by atoms with van der Waals surface area (Å²) in [6.07, 6.45) is 4.24. The number of nitrogens with one attached hydrogen (secondary N) is 2. The second-order valence-electron chi connectivity index (χ2n) is 5.61. The molecule has 6 nitrogen and oxygen atoms in total. The van der Waals surface area contributed by atoms with E-state index in [1.165, 1.54) is 6.26 Å². The number of hydrogen-bond donors (Lipinski definition) is 4. The Bertz CT molecular complexity index is 450. The second kappa shape index (κ2) is 5.85. The molecular formula is C14H23N3O3. The summed E-state index contributed by atoms with van der Waals surface area (Å²) >= 11 is 0. The molecule has 0 aromatic carbocycles. The molecule has 1 aromatic heterocycles. The number of hydrogen-bond acceptors (Lipinski definition) is 4. The highest BCUT2D eigenvalue weighted by Gasteiger charge is 2.34. The van der Waals surface area contributed by atoms with Crippen molar-refractivity contribution < 1.29 is 14.6 Å². The SMILES string of the molecule is CN=C(NCC1(O)CCC1)NCC(C)(O)c1ccco1. The third-order valence-corrected chi connectivity index (χ3v) is 3.74. The Labute approximate surface area is 118 Å². The molecule has 1 atom stereocenters. The number of aliphatic imine (C=N–C) groups is 1. The Balaban J connectivity index is 1.82. The van der Waals surface area contributed by atoms with Crippen molar-refractivity contribution in [2.24, 2.45) is 4.99 Å². The Morgan fingerprint density at radius 2 is 2.25 bits per heavy atom. The van der Waals surface area contributed by atoms with E-state index >= 15 is 0 Å². The molecule has 0 radical (unpaired) electrons. The van der Waals surface area contributed by atoms with E-state index in [9.17, 15) is 10.2 Å². The van der Waals surface area contributed by atoms with Crippen molar-refractivity contribution >= 4 is 5.96 Å². The molecule has 1 aliphatic carbocycles. The van der Waals surface area contributed by atoms with Gasteiger partial charge in [-0.15, -0.1) is 0 Å². The Morgan fingerprint density at radius 3 is 2.75 bits per heavy atom. The molecule has 1 heterocycles. The Morgan fingerprint density at radius 1 is 1.50 bits per heavy atom. The van der Waals surface area contributed by atoms with Crippen LogP contribution in [0.4, 0.5) is 0 Å². The van der Waals surface area contributed by atoms with Crippen LogP contribution in [0.3, 0.4) is 0 Å². The van der Waals surface area contributed by atoms with Gasteiger partial charge >= 0.3 is 0 Å². The van der Waals surface area contributed by atoms with Gasteiger partial charge in [0.25, 0.3) is 0 Å². The minimum absolute atomic E-state index is 0.263. The zero-order valence-electron chi connectivity index (χ0n) is 12.0. The van der Waals surface area contributed by atoms with Crippen LogP contribution < -0.4 is 10.6 Å². The summed E-state index contributed by atoms with van der Waals surface area (Å²) in [5.41, 5.74) is -1.73. The molecule has 0 aliphatic heterocycles. The number of guanidine groups is 1. The van der Waals surface area contributed by atoms with Gasteiger partial charge in [0.15, 0.2) is 5.96 Å². The first-order valence-electron chi connectivity index (χ1n) is 6.88. The molecule has 0 saturated heterocycles. The molecule has 1 fully saturated rings. The van der Waals surface area contributed by atoms with Crippen LogP contribution in [-0.2, 0) is 5.60 Å². The maximum Gasteiger partial charge on any atom is 0.191 e. The molecule has 4 N–H and O–H groups in total. The van der Waals surface area contributed by atoms with Gasteiger partial charge in [-0.2, -0.15) is 0 Å². The van der Waals surface area contributed by atoms with Crippen LogP contribution in [-0.4, -0.2) is 41.9 Å². The van der Waals surface area contributed by atoms with Gasteiger partial charge in [-0.3, -0.25) is 4.99 Å². The fourth-order valence-corrected chi connectivity index (χ4v) is 2.16. The van der Waals surface area contributed by atoms with Crippen LogP contribution in [0.2, 0.25) is 0 Å². The summed E-state index contributed by atoms with van der Waals surface area (Å²) in [5.74, 6) is 1.05. The normalized spacial score (nSPS) is 20.9. The predicted octanol–water partition coefficient (Wildman–Crippen LogP) is 0.567. The fraction of sp³-hybridized carbons (Fsp3) is 0.643. The maximum atomic E-state index is 10.3. The molecule has 2 rings (SSSR count). The van der Waals surface area contributed by atoms with Crippen molar-refractivity contribution in [2.75, 3.05) is 20.1 Å². The van der Waals surface area contributed by atoms with Gasteiger partial charge in [-0.1, -0.05) is 0 Å². The molecule has 6 heteroatoms. The van der Waals surface area contributed by atoms with Crippen LogP contribution in [0.25, 0.3) is 0 Å². The van der Waals surface area contributed by atoms with Crippen LogP contribution in [0.15, 0.2) is 27.8 Å². The molecule has 0 spiro atoms. The minimum Gasteiger partial charge on any atom is -0.466 e. The lowest BCUT2D eigenvalue weighted by Gasteiger charge is -2.37. The summed E-state index contributed by atoms with van der Waals surface area (Å²) in [6, 6.07) is 3.47. The van der Waals surface area contributed by atoms with Crippen LogP contribution >= 0.6 is 0 Å². The van der Waals surface area contributed by atoms with E-state index in [1.807, 2.05) is 0 Å². The van der Waals surface area contributed by atoms with E-state index in [4.69, 9.17) is 4.42 Å². The van der Waals surface area contributed by atoms with E-state index in [0.29, 0.717) is 18.3 Å². The molecule has 1 aromatic rings. The third kappa shape index (κ3) is 3.52. The van der Waals surface area contributed by atoms with Gasteiger partial charge in [-0.05, 0) is 38.3 Å². The molecule has 0 bridgehead atoms. The van der Waals surface area contributed by atoms with E-state index < -0.39 is 11.2 Å². The third-order valence-electron chi connectivity index (χ3n) is 3.74. The maximum absolute atomic E-state index is 10.3. The van der Waals surface area contributed by atoms with E-state index in [0.717, 1.165) is 19.3 Å². The highest BCUT2D eigenvalue weighted by molar-refractivity contribution is 5.79. The summed E-state index contributed by atoms with van der Waals surface area (Å²) in [6.45, 7) is 2.40. The van der Waals surface area contributed by atoms with E-state index in [1.54, 1.807) is 26.1 Å². The van der Waals surface area contributed by atoms with E-state index in [2.05, 4.69) is 15.6 Å². The van der Waals surface area contributed by atoms with Crippen molar-refractivity contribution in [3.63, 3.8) is 0 Å². The summed E-state index contributed by atoms with van der Waals surface area (Å²) in [5, 5.41) is 26.5. The average molecular weight is 281 g/mol. The monoisotopic (exact) mass is 281 g/mol. The van der Waals surface area contributed by atoms with Crippen molar-refractivity contribution in [3.8, 4) is 0 Å². The standard InChI is InChI=1S/C14H23N3O3/c1-13(18,11-5-3-8-20-11)9-16-12(15-2)17-10-14(19)6-4-7-14/h3,5,8,18-19H,4,6-7,9-10H2,1-2H3,(H2,15,16,17). The Hall–Kier alpha value is -1.53. The Kier molecular flexibility index (Phi) is 4.35. The molecular weight excluding hydrogens is 258 g/mol. The predicted molar refractivity (Wildman–Crippen MR) is 76.4 cm³/mol. The first kappa shape index (κ1) is 14.9. The van der Waals surface area contributed by atoms with Crippen molar-refractivity contribution in [1.82, 2.24) is 10.6 Å². The van der Waals surface area contributed by atoms with Crippen LogP contribution in [0, 0.1) is 0 Å². The summed E-state index contributed by atoms with van der Waals surface area (Å²) in [4.78, 5) is 4.08. The first-order chi connectivity index (χ1) is 9.45. The van der Waals surface area contributed by atoms with Crippen LogP contribution in [0.5, 0.6) is 0 Å². The van der Waals surface area contributed by atoms with Gasteiger partial charge < -0.3 is 25.3 Å². The molecule has 1 unspecified atom stereocenters. The average Bonchev–Trinajstić information content (AvgIpc) is 2.91. The van der Waals surface area contributed by atoms with Gasteiger partial charge in [0.1, 0.15) is 11.4 Å². The lowest BCUT2D eigenvalue weighted by atomic mass is 9.80. The number of furan rings is 1.